The Balaban J connectivity index is 1.23. The van der Waals surface area contributed by atoms with Crippen molar-refractivity contribution < 1.29 is 0 Å². The van der Waals surface area contributed by atoms with E-state index in [-0.39, 0.29) is 0 Å². The van der Waals surface area contributed by atoms with Crippen molar-refractivity contribution in [2.45, 2.75) is 0 Å². The first kappa shape index (κ1) is 26.5. The molecule has 47 heavy (non-hydrogen) atoms. The molecule has 0 radical (unpaired) electrons. The molecule has 9 aromatic carbocycles. The van der Waals surface area contributed by atoms with Gasteiger partial charge in [-0.05, 0) is 94.7 Å². The van der Waals surface area contributed by atoms with E-state index in [0.29, 0.717) is 0 Å². The number of thiophene rings is 1. The molecule has 0 nitrogen and oxygen atoms in total. The number of benzene rings is 9. The van der Waals surface area contributed by atoms with Gasteiger partial charge in [0.2, 0.25) is 0 Å². The summed E-state index contributed by atoms with van der Waals surface area (Å²) in [6.07, 6.45) is 0. The fourth-order valence-corrected chi connectivity index (χ4v) is 8.95. The van der Waals surface area contributed by atoms with Gasteiger partial charge in [-0.2, -0.15) is 0 Å². The molecule has 0 saturated heterocycles. The fourth-order valence-electron chi connectivity index (χ4n) is 7.73. The molecule has 0 fully saturated rings. The van der Waals surface area contributed by atoms with E-state index in [4.69, 9.17) is 0 Å². The van der Waals surface area contributed by atoms with Crippen molar-refractivity contribution in [3.05, 3.63) is 170 Å². The third kappa shape index (κ3) is 4.07. The number of hydrogen-bond acceptors (Lipinski definition) is 1. The van der Waals surface area contributed by atoms with Gasteiger partial charge in [0, 0.05) is 20.2 Å². The molecule has 1 heteroatoms. The van der Waals surface area contributed by atoms with Gasteiger partial charge in [-0.1, -0.05) is 152 Å². The maximum absolute atomic E-state index is 2.43. The van der Waals surface area contributed by atoms with Crippen molar-refractivity contribution >= 4 is 74.6 Å². The van der Waals surface area contributed by atoms with Gasteiger partial charge in [-0.15, -0.1) is 11.3 Å². The maximum atomic E-state index is 2.43. The summed E-state index contributed by atoms with van der Waals surface area (Å²) in [5.41, 5.74) is 7.58. The molecule has 1 aromatic heterocycles. The molecule has 0 aliphatic rings. The Kier molecular flexibility index (Phi) is 5.85. The minimum atomic E-state index is 1.24. The molecule has 0 N–H and O–H groups in total. The van der Waals surface area contributed by atoms with E-state index in [1.165, 1.54) is 96.6 Å². The van der Waals surface area contributed by atoms with Gasteiger partial charge in [0.15, 0.2) is 0 Å². The Morgan fingerprint density at radius 3 is 1.53 bits per heavy atom. The molecule has 10 rings (SSSR count). The molecule has 0 aliphatic carbocycles. The summed E-state index contributed by atoms with van der Waals surface area (Å²) in [5, 5.41) is 12.9. The van der Waals surface area contributed by atoms with Crippen LogP contribution < -0.4 is 0 Å². The van der Waals surface area contributed by atoms with Crippen LogP contribution in [-0.4, -0.2) is 0 Å². The van der Waals surface area contributed by atoms with E-state index in [9.17, 15) is 0 Å². The van der Waals surface area contributed by atoms with Crippen LogP contribution in [0.2, 0.25) is 0 Å². The summed E-state index contributed by atoms with van der Waals surface area (Å²) in [6.45, 7) is 0. The lowest BCUT2D eigenvalue weighted by Crippen LogP contribution is -1.91. The Hall–Kier alpha value is -5.76. The summed E-state index contributed by atoms with van der Waals surface area (Å²) in [5.74, 6) is 0. The molecule has 0 amide bonds. The van der Waals surface area contributed by atoms with Crippen molar-refractivity contribution in [1.82, 2.24) is 0 Å². The van der Waals surface area contributed by atoms with Gasteiger partial charge in [0.25, 0.3) is 0 Å². The SMILES string of the molecule is c1cc(-c2cccc3ccccc23)cc(-c2c3ccccc3c(-c3ccc4sc5c6ccccc6ccc5c4c3)c3ccccc23)c1. The summed E-state index contributed by atoms with van der Waals surface area (Å²) in [7, 11) is 0. The van der Waals surface area contributed by atoms with Crippen LogP contribution in [0.3, 0.4) is 0 Å². The molecule has 0 atom stereocenters. The summed E-state index contributed by atoms with van der Waals surface area (Å²) in [4.78, 5) is 0. The van der Waals surface area contributed by atoms with Gasteiger partial charge < -0.3 is 0 Å². The standard InChI is InChI=1S/C46H28S/c1-3-16-34-29(11-1)13-10-22-35(34)31-14-9-15-32(27-31)44-37-18-5-7-20-39(37)45(40-21-8-6-19-38(40)44)33-24-26-43-42(28-33)41-25-23-30-12-2-4-17-36(30)46(41)47-43/h1-28H. The van der Waals surface area contributed by atoms with Gasteiger partial charge in [-0.25, -0.2) is 0 Å². The van der Waals surface area contributed by atoms with Crippen LogP contribution in [0.25, 0.3) is 96.6 Å². The molecule has 0 aliphatic heterocycles. The zero-order valence-electron chi connectivity index (χ0n) is 25.6. The average Bonchev–Trinajstić information content (AvgIpc) is 3.52. The van der Waals surface area contributed by atoms with E-state index < -0.39 is 0 Å². The minimum Gasteiger partial charge on any atom is -0.135 e. The van der Waals surface area contributed by atoms with E-state index in [0.717, 1.165) is 0 Å². The highest BCUT2D eigenvalue weighted by Gasteiger charge is 2.18. The second kappa shape index (κ2) is 10.4. The lowest BCUT2D eigenvalue weighted by atomic mass is 9.85. The third-order valence-corrected chi connectivity index (χ3v) is 11.1. The van der Waals surface area contributed by atoms with E-state index in [2.05, 4.69) is 170 Å². The van der Waals surface area contributed by atoms with Crippen LogP contribution in [0.5, 0.6) is 0 Å². The number of rotatable bonds is 3. The van der Waals surface area contributed by atoms with Crippen molar-refractivity contribution in [2.24, 2.45) is 0 Å². The zero-order chi connectivity index (χ0) is 30.9. The van der Waals surface area contributed by atoms with Crippen LogP contribution in [0.4, 0.5) is 0 Å². The number of hydrogen-bond donors (Lipinski definition) is 0. The maximum Gasteiger partial charge on any atom is 0.0433 e. The second-order valence-electron chi connectivity index (χ2n) is 12.4. The first-order valence-corrected chi connectivity index (χ1v) is 17.0. The fraction of sp³-hybridized carbons (Fsp3) is 0. The quantitative estimate of drug-likeness (QED) is 0.174. The number of fused-ring (bicyclic) bond motifs is 8. The van der Waals surface area contributed by atoms with Crippen molar-refractivity contribution in [2.75, 3.05) is 0 Å². The summed E-state index contributed by atoms with van der Waals surface area (Å²) in [6, 6.07) is 62.7. The van der Waals surface area contributed by atoms with Crippen molar-refractivity contribution in [3.8, 4) is 33.4 Å². The first-order chi connectivity index (χ1) is 23.3. The molecular weight excluding hydrogens is 585 g/mol. The zero-order valence-corrected chi connectivity index (χ0v) is 26.4. The lowest BCUT2D eigenvalue weighted by Gasteiger charge is -2.18. The van der Waals surface area contributed by atoms with Crippen LogP contribution in [0.1, 0.15) is 0 Å². The van der Waals surface area contributed by atoms with Gasteiger partial charge in [-0.3, -0.25) is 0 Å². The van der Waals surface area contributed by atoms with Crippen LogP contribution in [0.15, 0.2) is 170 Å². The minimum absolute atomic E-state index is 1.24. The second-order valence-corrected chi connectivity index (χ2v) is 13.5. The predicted molar refractivity (Wildman–Crippen MR) is 206 cm³/mol. The molecule has 218 valence electrons. The summed E-state index contributed by atoms with van der Waals surface area (Å²) >= 11 is 1.90. The highest BCUT2D eigenvalue weighted by atomic mass is 32.1. The highest BCUT2D eigenvalue weighted by molar-refractivity contribution is 7.26. The van der Waals surface area contributed by atoms with Crippen LogP contribution in [0, 0.1) is 0 Å². The van der Waals surface area contributed by atoms with Crippen LogP contribution in [-0.2, 0) is 0 Å². The lowest BCUT2D eigenvalue weighted by molar-refractivity contribution is 1.63. The summed E-state index contributed by atoms with van der Waals surface area (Å²) < 4.78 is 2.70. The Morgan fingerprint density at radius 1 is 0.298 bits per heavy atom. The molecule has 0 bridgehead atoms. The molecular formula is C46H28S. The Morgan fingerprint density at radius 2 is 0.830 bits per heavy atom. The highest BCUT2D eigenvalue weighted by Crippen LogP contribution is 2.46. The smallest absolute Gasteiger partial charge is 0.0433 e. The monoisotopic (exact) mass is 612 g/mol. The van der Waals surface area contributed by atoms with Gasteiger partial charge in [0.1, 0.15) is 0 Å². The molecule has 0 spiro atoms. The van der Waals surface area contributed by atoms with Gasteiger partial charge in [0.05, 0.1) is 0 Å². The molecule has 0 saturated carbocycles. The average molecular weight is 613 g/mol. The van der Waals surface area contributed by atoms with Gasteiger partial charge >= 0.3 is 0 Å². The van der Waals surface area contributed by atoms with E-state index in [1.54, 1.807) is 0 Å². The van der Waals surface area contributed by atoms with E-state index >= 15 is 0 Å². The van der Waals surface area contributed by atoms with Crippen molar-refractivity contribution in [1.29, 1.82) is 0 Å². The molecule has 10 aromatic rings. The Labute approximate surface area is 276 Å². The molecule has 1 heterocycles. The first-order valence-electron chi connectivity index (χ1n) is 16.2. The molecule has 0 unspecified atom stereocenters. The van der Waals surface area contributed by atoms with E-state index in [1.807, 2.05) is 11.3 Å². The third-order valence-electron chi connectivity index (χ3n) is 9.83. The largest absolute Gasteiger partial charge is 0.135 e. The predicted octanol–water partition coefficient (Wildman–Crippen LogP) is 13.7. The topological polar surface area (TPSA) is 0 Å². The Bertz CT molecular complexity index is 2790. The van der Waals surface area contributed by atoms with Crippen molar-refractivity contribution in [3.63, 3.8) is 0 Å². The van der Waals surface area contributed by atoms with Crippen LogP contribution >= 0.6 is 11.3 Å². The normalized spacial score (nSPS) is 11.8.